The van der Waals surface area contributed by atoms with Crippen LogP contribution in [0.1, 0.15) is 15.2 Å². The van der Waals surface area contributed by atoms with Crippen molar-refractivity contribution in [3.63, 3.8) is 0 Å². The molecule has 1 aromatic carbocycles. The van der Waals surface area contributed by atoms with Gasteiger partial charge in [0.15, 0.2) is 6.61 Å². The number of carbonyl (C=O) groups excluding carboxylic acids is 3. The van der Waals surface area contributed by atoms with Gasteiger partial charge in [0.2, 0.25) is 5.91 Å². The van der Waals surface area contributed by atoms with Crippen molar-refractivity contribution in [2.75, 3.05) is 17.7 Å². The molecule has 0 bridgehead atoms. The van der Waals surface area contributed by atoms with Crippen molar-refractivity contribution in [3.8, 4) is 0 Å². The van der Waals surface area contributed by atoms with Crippen LogP contribution in [0.4, 0.5) is 5.69 Å². The lowest BCUT2D eigenvalue weighted by atomic mass is 10.2. The first-order valence-corrected chi connectivity index (χ1v) is 9.03. The van der Waals surface area contributed by atoms with Crippen LogP contribution in [0.15, 0.2) is 41.8 Å². The van der Waals surface area contributed by atoms with E-state index in [1.165, 1.54) is 28.8 Å². The minimum absolute atomic E-state index is 0.193. The Labute approximate surface area is 147 Å². The Morgan fingerprint density at radius 2 is 1.92 bits per heavy atom. The summed E-state index contributed by atoms with van der Waals surface area (Å²) in [6.07, 6.45) is 0. The van der Waals surface area contributed by atoms with E-state index in [1.54, 1.807) is 23.5 Å². The van der Waals surface area contributed by atoms with E-state index >= 15 is 0 Å². The highest BCUT2D eigenvalue weighted by molar-refractivity contribution is 7.99. The number of hydrogen-bond donors (Lipinski definition) is 2. The quantitative estimate of drug-likeness (QED) is 0.700. The fourth-order valence-corrected chi connectivity index (χ4v) is 3.39. The molecule has 3 N–H and O–H groups in total. The van der Waals surface area contributed by atoms with E-state index in [0.717, 1.165) is 5.75 Å². The summed E-state index contributed by atoms with van der Waals surface area (Å²) in [5.74, 6) is -0.486. The predicted molar refractivity (Wildman–Crippen MR) is 95.0 cm³/mol. The largest absolute Gasteiger partial charge is 0.455 e. The first-order chi connectivity index (χ1) is 11.5. The molecule has 0 fully saturated rings. The molecule has 2 aromatic rings. The standard InChI is InChI=1S/C16H16N2O4S2/c17-16(21)11-3-5-12(6-4-11)18-14(19)8-22-15(20)10-23-9-13-2-1-7-24-13/h1-7H,8-10H2,(H2,17,21)(H,18,19). The molecule has 24 heavy (non-hydrogen) atoms. The molecule has 0 spiro atoms. The predicted octanol–water partition coefficient (Wildman–Crippen LogP) is 2.26. The van der Waals surface area contributed by atoms with E-state index in [0.29, 0.717) is 11.3 Å². The van der Waals surface area contributed by atoms with Crippen LogP contribution in [-0.2, 0) is 20.1 Å². The zero-order valence-corrected chi connectivity index (χ0v) is 14.3. The topological polar surface area (TPSA) is 98.5 Å². The second-order valence-corrected chi connectivity index (χ2v) is 6.74. The van der Waals surface area contributed by atoms with Crippen LogP contribution in [0.3, 0.4) is 0 Å². The van der Waals surface area contributed by atoms with Crippen molar-refractivity contribution < 1.29 is 19.1 Å². The SMILES string of the molecule is NC(=O)c1ccc(NC(=O)COC(=O)CSCc2cccs2)cc1. The molecule has 8 heteroatoms. The van der Waals surface area contributed by atoms with E-state index in [1.807, 2.05) is 17.5 Å². The molecular weight excluding hydrogens is 348 g/mol. The third kappa shape index (κ3) is 6.05. The Hall–Kier alpha value is -2.32. The molecule has 1 heterocycles. The Bertz CT molecular complexity index is 699. The molecule has 2 rings (SSSR count). The van der Waals surface area contributed by atoms with E-state index in [9.17, 15) is 14.4 Å². The highest BCUT2D eigenvalue weighted by atomic mass is 32.2. The molecule has 1 aromatic heterocycles. The van der Waals surface area contributed by atoms with Gasteiger partial charge in [-0.1, -0.05) is 6.07 Å². The fourth-order valence-electron chi connectivity index (χ4n) is 1.73. The Morgan fingerprint density at radius 3 is 2.54 bits per heavy atom. The van der Waals surface area contributed by atoms with Crippen LogP contribution in [0, 0.1) is 0 Å². The molecule has 0 aliphatic rings. The van der Waals surface area contributed by atoms with E-state index in [2.05, 4.69) is 5.32 Å². The molecule has 0 aliphatic carbocycles. The monoisotopic (exact) mass is 364 g/mol. The van der Waals surface area contributed by atoms with Gasteiger partial charge in [-0.3, -0.25) is 14.4 Å². The van der Waals surface area contributed by atoms with Gasteiger partial charge in [0.25, 0.3) is 5.91 Å². The number of nitrogens with one attached hydrogen (secondary N) is 1. The molecular formula is C16H16N2O4S2. The minimum atomic E-state index is -0.540. The highest BCUT2D eigenvalue weighted by Gasteiger charge is 2.09. The summed E-state index contributed by atoms with van der Waals surface area (Å²) in [7, 11) is 0. The molecule has 0 saturated carbocycles. The highest BCUT2D eigenvalue weighted by Crippen LogP contribution is 2.17. The Balaban J connectivity index is 1.66. The number of carbonyl (C=O) groups is 3. The van der Waals surface area contributed by atoms with Crippen LogP contribution >= 0.6 is 23.1 Å². The van der Waals surface area contributed by atoms with Gasteiger partial charge in [0.1, 0.15) is 0 Å². The zero-order valence-electron chi connectivity index (χ0n) is 12.7. The molecule has 0 saturated heterocycles. The van der Waals surface area contributed by atoms with Crippen LogP contribution < -0.4 is 11.1 Å². The molecule has 126 valence electrons. The maximum atomic E-state index is 11.7. The second-order valence-electron chi connectivity index (χ2n) is 4.72. The number of primary amides is 1. The van der Waals surface area contributed by atoms with Gasteiger partial charge in [-0.15, -0.1) is 23.1 Å². The summed E-state index contributed by atoms with van der Waals surface area (Å²) < 4.78 is 4.91. The smallest absolute Gasteiger partial charge is 0.316 e. The number of thiophene rings is 1. The third-order valence-electron chi connectivity index (χ3n) is 2.86. The van der Waals surface area contributed by atoms with Gasteiger partial charge in [-0.2, -0.15) is 0 Å². The lowest BCUT2D eigenvalue weighted by Crippen LogP contribution is -2.21. The average molecular weight is 364 g/mol. The lowest BCUT2D eigenvalue weighted by molar-refractivity contribution is -0.144. The summed E-state index contributed by atoms with van der Waals surface area (Å²) in [5.41, 5.74) is 5.97. The minimum Gasteiger partial charge on any atom is -0.455 e. The number of ether oxygens (including phenoxy) is 1. The second kappa shape index (κ2) is 9.09. The van der Waals surface area contributed by atoms with Gasteiger partial charge in [0.05, 0.1) is 5.75 Å². The fraction of sp³-hybridized carbons (Fsp3) is 0.188. The number of rotatable bonds is 8. The zero-order chi connectivity index (χ0) is 17.4. The van der Waals surface area contributed by atoms with Gasteiger partial charge in [-0.05, 0) is 35.7 Å². The van der Waals surface area contributed by atoms with Crippen molar-refractivity contribution in [2.45, 2.75) is 5.75 Å². The van der Waals surface area contributed by atoms with Crippen molar-refractivity contribution in [2.24, 2.45) is 5.73 Å². The van der Waals surface area contributed by atoms with Crippen molar-refractivity contribution in [3.05, 3.63) is 52.2 Å². The molecule has 0 unspecified atom stereocenters. The van der Waals surface area contributed by atoms with Gasteiger partial charge in [-0.25, -0.2) is 0 Å². The van der Waals surface area contributed by atoms with Crippen molar-refractivity contribution >= 4 is 46.6 Å². The molecule has 6 nitrogen and oxygen atoms in total. The number of thioether (sulfide) groups is 1. The maximum Gasteiger partial charge on any atom is 0.316 e. The van der Waals surface area contributed by atoms with E-state index in [-0.39, 0.29) is 12.4 Å². The summed E-state index contributed by atoms with van der Waals surface area (Å²) in [4.78, 5) is 35.4. The van der Waals surface area contributed by atoms with Gasteiger partial charge in [0, 0.05) is 21.9 Å². The van der Waals surface area contributed by atoms with Crippen molar-refractivity contribution in [1.29, 1.82) is 0 Å². The number of esters is 1. The number of nitrogens with two attached hydrogens (primary N) is 1. The molecule has 0 atom stereocenters. The van der Waals surface area contributed by atoms with E-state index in [4.69, 9.17) is 10.5 Å². The number of hydrogen-bond acceptors (Lipinski definition) is 6. The molecule has 0 radical (unpaired) electrons. The normalized spacial score (nSPS) is 10.2. The summed E-state index contributed by atoms with van der Waals surface area (Å²) in [6.45, 7) is -0.351. The first kappa shape index (κ1) is 18.0. The Morgan fingerprint density at radius 1 is 1.17 bits per heavy atom. The van der Waals surface area contributed by atoms with Gasteiger partial charge >= 0.3 is 5.97 Å². The lowest BCUT2D eigenvalue weighted by Gasteiger charge is -2.07. The summed E-state index contributed by atoms with van der Waals surface area (Å²) in [6, 6.07) is 10.1. The van der Waals surface area contributed by atoms with Crippen LogP contribution in [0.5, 0.6) is 0 Å². The van der Waals surface area contributed by atoms with Crippen molar-refractivity contribution in [1.82, 2.24) is 0 Å². The Kier molecular flexibility index (Phi) is 6.83. The summed E-state index contributed by atoms with van der Waals surface area (Å²) >= 11 is 3.07. The number of anilines is 1. The van der Waals surface area contributed by atoms with E-state index < -0.39 is 17.8 Å². The summed E-state index contributed by atoms with van der Waals surface area (Å²) in [5, 5.41) is 4.55. The number of amides is 2. The van der Waals surface area contributed by atoms with Crippen LogP contribution in [0.2, 0.25) is 0 Å². The average Bonchev–Trinajstić information content (AvgIpc) is 3.07. The van der Waals surface area contributed by atoms with Gasteiger partial charge < -0.3 is 15.8 Å². The molecule has 2 amide bonds. The first-order valence-electron chi connectivity index (χ1n) is 7.00. The third-order valence-corrected chi connectivity index (χ3v) is 4.88. The molecule has 0 aliphatic heterocycles. The maximum absolute atomic E-state index is 11.7. The number of benzene rings is 1. The van der Waals surface area contributed by atoms with Crippen LogP contribution in [0.25, 0.3) is 0 Å². The van der Waals surface area contributed by atoms with Crippen LogP contribution in [-0.4, -0.2) is 30.1 Å².